The first-order valence-electron chi connectivity index (χ1n) is 10.4. The number of carbonyl (C=O) groups excluding carboxylic acids is 3. The molecule has 0 bridgehead atoms. The molecule has 10 heteroatoms. The molecule has 4 heterocycles. The second-order valence-corrected chi connectivity index (χ2v) is 7.78. The zero-order chi connectivity index (χ0) is 23.7. The average molecular weight is 452 g/mol. The molecule has 1 atom stereocenters. The van der Waals surface area contributed by atoms with E-state index in [4.69, 9.17) is 9.15 Å². The summed E-state index contributed by atoms with van der Waals surface area (Å²) in [5, 5.41) is 11.3. The third kappa shape index (κ3) is 3.84. The minimum atomic E-state index is -0.891. The Balaban J connectivity index is 1.75. The quantitative estimate of drug-likeness (QED) is 0.244. The molecular formula is C23H24N4O6. The normalized spacial score (nSPS) is 17.7. The number of aliphatic hydroxyl groups is 1. The summed E-state index contributed by atoms with van der Waals surface area (Å²) in [5.41, 5.74) is 1.25. The number of Topliss-reactive ketones (excluding diaryl/α,β-unsaturated/α-hetero) is 1. The minimum absolute atomic E-state index is 0.0841. The molecule has 3 aromatic rings. The van der Waals surface area contributed by atoms with Crippen molar-refractivity contribution in [2.24, 2.45) is 0 Å². The van der Waals surface area contributed by atoms with Crippen molar-refractivity contribution in [1.82, 2.24) is 19.4 Å². The number of carbonyl (C=O) groups is 3. The van der Waals surface area contributed by atoms with E-state index in [2.05, 4.69) is 9.97 Å². The second kappa shape index (κ2) is 8.81. The van der Waals surface area contributed by atoms with Crippen molar-refractivity contribution >= 4 is 23.4 Å². The van der Waals surface area contributed by atoms with Crippen LogP contribution in [0.25, 0.3) is 5.76 Å². The van der Waals surface area contributed by atoms with Crippen LogP contribution in [-0.2, 0) is 20.9 Å². The van der Waals surface area contributed by atoms with Gasteiger partial charge in [0.15, 0.2) is 0 Å². The summed E-state index contributed by atoms with van der Waals surface area (Å²) >= 11 is 0. The highest BCUT2D eigenvalue weighted by molar-refractivity contribution is 6.46. The number of nitrogens with one attached hydrogen (secondary N) is 1. The summed E-state index contributed by atoms with van der Waals surface area (Å²) in [6, 6.07) is 2.42. The van der Waals surface area contributed by atoms with E-state index in [-0.39, 0.29) is 29.1 Å². The number of furan rings is 1. The molecule has 33 heavy (non-hydrogen) atoms. The van der Waals surface area contributed by atoms with Gasteiger partial charge in [-0.15, -0.1) is 0 Å². The lowest BCUT2D eigenvalue weighted by molar-refractivity contribution is -0.140. The molecule has 1 aliphatic rings. The lowest BCUT2D eigenvalue weighted by Crippen LogP contribution is -2.31. The number of rotatable bonds is 7. The van der Waals surface area contributed by atoms with Gasteiger partial charge in [0.1, 0.15) is 23.3 Å². The van der Waals surface area contributed by atoms with Crippen LogP contribution in [0.1, 0.15) is 45.5 Å². The van der Waals surface area contributed by atoms with Gasteiger partial charge in [-0.05, 0) is 38.0 Å². The molecule has 4 rings (SSSR count). The van der Waals surface area contributed by atoms with E-state index in [1.165, 1.54) is 18.3 Å². The van der Waals surface area contributed by atoms with E-state index in [9.17, 15) is 19.5 Å². The topological polar surface area (TPSA) is 131 Å². The van der Waals surface area contributed by atoms with Gasteiger partial charge in [-0.1, -0.05) is 0 Å². The molecule has 3 aromatic heterocycles. The Morgan fingerprint density at radius 3 is 2.73 bits per heavy atom. The highest BCUT2D eigenvalue weighted by Crippen LogP contribution is 2.41. The van der Waals surface area contributed by atoms with E-state index >= 15 is 0 Å². The van der Waals surface area contributed by atoms with E-state index in [1.807, 2.05) is 10.8 Å². The van der Waals surface area contributed by atoms with E-state index in [1.54, 1.807) is 38.5 Å². The Hall–Kier alpha value is -4.08. The van der Waals surface area contributed by atoms with E-state index in [0.29, 0.717) is 30.0 Å². The van der Waals surface area contributed by atoms with Crippen molar-refractivity contribution in [1.29, 1.82) is 0 Å². The number of aliphatic hydroxyl groups excluding tert-OH is 1. The number of hydrogen-bond donors (Lipinski definition) is 2. The van der Waals surface area contributed by atoms with Crippen LogP contribution >= 0.6 is 0 Å². The highest BCUT2D eigenvalue weighted by atomic mass is 16.5. The fourth-order valence-corrected chi connectivity index (χ4v) is 4.24. The maximum atomic E-state index is 13.1. The zero-order valence-electron chi connectivity index (χ0n) is 18.5. The van der Waals surface area contributed by atoms with Gasteiger partial charge in [0.25, 0.3) is 11.7 Å². The van der Waals surface area contributed by atoms with Crippen LogP contribution in [0.15, 0.2) is 47.1 Å². The van der Waals surface area contributed by atoms with E-state index < -0.39 is 23.7 Å². The Morgan fingerprint density at radius 1 is 1.30 bits per heavy atom. The molecule has 1 amide bonds. The first-order valence-corrected chi connectivity index (χ1v) is 10.4. The number of ether oxygens (including phenoxy) is 1. The van der Waals surface area contributed by atoms with Crippen LogP contribution in [0.2, 0.25) is 0 Å². The van der Waals surface area contributed by atoms with Crippen LogP contribution in [-0.4, -0.2) is 55.9 Å². The molecule has 10 nitrogen and oxygen atoms in total. The molecule has 2 N–H and O–H groups in total. The summed E-state index contributed by atoms with van der Waals surface area (Å²) in [5.74, 6) is -2.14. The summed E-state index contributed by atoms with van der Waals surface area (Å²) in [6.07, 6.45) is 7.17. The summed E-state index contributed by atoms with van der Waals surface area (Å²) in [7, 11) is 1.25. The molecule has 0 spiro atoms. The van der Waals surface area contributed by atoms with Gasteiger partial charge in [0, 0.05) is 36.7 Å². The summed E-state index contributed by atoms with van der Waals surface area (Å²) < 4.78 is 12.2. The SMILES string of the molecule is COC(=O)c1[nH]c(C)c(/C(O)=C2\C(=O)C(=O)N(CCCn3ccnc3)[C@@H]2c2ccco2)c1C. The van der Waals surface area contributed by atoms with Crippen LogP contribution < -0.4 is 0 Å². The number of aromatic nitrogens is 3. The number of aryl methyl sites for hydroxylation is 2. The number of imidazole rings is 1. The molecule has 0 aromatic carbocycles. The maximum absolute atomic E-state index is 13.1. The summed E-state index contributed by atoms with van der Waals surface area (Å²) in [4.78, 5) is 46.4. The molecule has 0 saturated carbocycles. The fraction of sp³-hybridized carbons (Fsp3) is 0.304. The van der Waals surface area contributed by atoms with Crippen molar-refractivity contribution in [3.05, 3.63) is 71.0 Å². The third-order valence-electron chi connectivity index (χ3n) is 5.79. The number of likely N-dealkylation sites (tertiary alicyclic amines) is 1. The average Bonchev–Trinajstić information content (AvgIpc) is 3.58. The predicted octanol–water partition coefficient (Wildman–Crippen LogP) is 2.72. The fourth-order valence-electron chi connectivity index (χ4n) is 4.24. The van der Waals surface area contributed by atoms with Crippen molar-refractivity contribution in [2.75, 3.05) is 13.7 Å². The maximum Gasteiger partial charge on any atom is 0.354 e. The van der Waals surface area contributed by atoms with Crippen molar-refractivity contribution in [2.45, 2.75) is 32.9 Å². The lowest BCUT2D eigenvalue weighted by Gasteiger charge is -2.23. The van der Waals surface area contributed by atoms with Gasteiger partial charge >= 0.3 is 5.97 Å². The Kier molecular flexibility index (Phi) is 5.91. The van der Waals surface area contributed by atoms with Gasteiger partial charge in [0.2, 0.25) is 0 Å². The second-order valence-electron chi connectivity index (χ2n) is 7.78. The van der Waals surface area contributed by atoms with Crippen LogP contribution in [0.4, 0.5) is 0 Å². The van der Waals surface area contributed by atoms with Crippen LogP contribution in [0, 0.1) is 13.8 Å². The predicted molar refractivity (Wildman–Crippen MR) is 116 cm³/mol. The lowest BCUT2D eigenvalue weighted by atomic mass is 9.97. The monoisotopic (exact) mass is 452 g/mol. The van der Waals surface area contributed by atoms with Crippen LogP contribution in [0.3, 0.4) is 0 Å². The first-order chi connectivity index (χ1) is 15.8. The van der Waals surface area contributed by atoms with Crippen LogP contribution in [0.5, 0.6) is 0 Å². The molecule has 172 valence electrons. The number of amides is 1. The highest BCUT2D eigenvalue weighted by Gasteiger charge is 2.47. The van der Waals surface area contributed by atoms with Crippen molar-refractivity contribution < 1.29 is 28.6 Å². The number of aromatic amines is 1. The Morgan fingerprint density at radius 2 is 2.09 bits per heavy atom. The van der Waals surface area contributed by atoms with Gasteiger partial charge in [-0.3, -0.25) is 9.59 Å². The smallest absolute Gasteiger partial charge is 0.354 e. The number of ketones is 1. The molecule has 0 radical (unpaired) electrons. The number of hydrogen-bond acceptors (Lipinski definition) is 7. The molecular weight excluding hydrogens is 428 g/mol. The van der Waals surface area contributed by atoms with E-state index in [0.717, 1.165) is 0 Å². The molecule has 1 fully saturated rings. The first kappa shape index (κ1) is 22.1. The number of methoxy groups -OCH3 is 1. The number of nitrogens with zero attached hydrogens (tertiary/aromatic N) is 3. The Bertz CT molecular complexity index is 1220. The largest absolute Gasteiger partial charge is 0.507 e. The van der Waals surface area contributed by atoms with Crippen molar-refractivity contribution in [3.8, 4) is 0 Å². The molecule has 1 aliphatic heterocycles. The third-order valence-corrected chi connectivity index (χ3v) is 5.79. The Labute approximate surface area is 189 Å². The summed E-state index contributed by atoms with van der Waals surface area (Å²) in [6.45, 7) is 4.17. The minimum Gasteiger partial charge on any atom is -0.507 e. The van der Waals surface area contributed by atoms with Gasteiger partial charge in [-0.25, -0.2) is 9.78 Å². The molecule has 0 unspecified atom stereocenters. The number of esters is 1. The molecule has 0 aliphatic carbocycles. The van der Waals surface area contributed by atoms with Crippen molar-refractivity contribution in [3.63, 3.8) is 0 Å². The van der Waals surface area contributed by atoms with Gasteiger partial charge < -0.3 is 28.7 Å². The molecule has 1 saturated heterocycles. The van der Waals surface area contributed by atoms with Gasteiger partial charge in [0.05, 0.1) is 25.3 Å². The number of H-pyrrole nitrogens is 1. The zero-order valence-corrected chi connectivity index (χ0v) is 18.5. The standard InChI is InChI=1S/C23H24N4O6/c1-13-16(14(2)25-18(13)23(31)32-3)20(28)17-19(15-6-4-11-33-15)27(22(30)21(17)29)9-5-8-26-10-7-24-12-26/h4,6-7,10-12,19,25,28H,5,8-9H2,1-3H3/b20-17+/t19-/m1/s1. The van der Waals surface area contributed by atoms with Gasteiger partial charge in [-0.2, -0.15) is 0 Å².